The zero-order chi connectivity index (χ0) is 9.42. The van der Waals surface area contributed by atoms with E-state index in [-0.39, 0.29) is 6.03 Å². The fourth-order valence-electron chi connectivity index (χ4n) is 1.48. The Morgan fingerprint density at radius 1 is 1.62 bits per heavy atom. The highest BCUT2D eigenvalue weighted by Crippen LogP contribution is 2.20. The van der Waals surface area contributed by atoms with E-state index in [1.54, 1.807) is 30.1 Å². The first-order valence-electron chi connectivity index (χ1n) is 4.16. The Kier molecular flexibility index (Phi) is 1.72. The van der Waals surface area contributed by atoms with Gasteiger partial charge in [-0.1, -0.05) is 0 Å². The van der Waals surface area contributed by atoms with Gasteiger partial charge in [0, 0.05) is 19.7 Å². The SMILES string of the molecule is CN(C)C(=O)N1Cc2cn[nH]c2C1. The Hall–Kier alpha value is -1.52. The maximum absolute atomic E-state index is 11.5. The molecule has 1 aliphatic heterocycles. The molecule has 1 aliphatic rings. The van der Waals surface area contributed by atoms with E-state index in [4.69, 9.17) is 0 Å². The third-order valence-electron chi connectivity index (χ3n) is 2.17. The van der Waals surface area contributed by atoms with Gasteiger partial charge in [-0.2, -0.15) is 5.10 Å². The number of rotatable bonds is 0. The van der Waals surface area contributed by atoms with Crippen molar-refractivity contribution in [1.29, 1.82) is 0 Å². The van der Waals surface area contributed by atoms with Gasteiger partial charge in [0.1, 0.15) is 0 Å². The van der Waals surface area contributed by atoms with Crippen LogP contribution in [0.4, 0.5) is 4.79 Å². The number of hydrogen-bond acceptors (Lipinski definition) is 2. The highest BCUT2D eigenvalue weighted by atomic mass is 16.2. The third-order valence-corrected chi connectivity index (χ3v) is 2.17. The molecule has 5 nitrogen and oxygen atoms in total. The number of aromatic amines is 1. The predicted molar refractivity (Wildman–Crippen MR) is 46.9 cm³/mol. The highest BCUT2D eigenvalue weighted by Gasteiger charge is 2.25. The van der Waals surface area contributed by atoms with Crippen LogP contribution in [0.3, 0.4) is 0 Å². The number of hydrogen-bond donors (Lipinski definition) is 1. The average molecular weight is 180 g/mol. The van der Waals surface area contributed by atoms with Gasteiger partial charge in [-0.15, -0.1) is 0 Å². The first kappa shape index (κ1) is 8.10. The van der Waals surface area contributed by atoms with Crippen LogP contribution in [0.15, 0.2) is 6.20 Å². The van der Waals surface area contributed by atoms with E-state index < -0.39 is 0 Å². The number of H-pyrrole nitrogens is 1. The normalized spacial score (nSPS) is 14.5. The lowest BCUT2D eigenvalue weighted by atomic mass is 10.3. The molecule has 0 aliphatic carbocycles. The fraction of sp³-hybridized carbons (Fsp3) is 0.500. The summed E-state index contributed by atoms with van der Waals surface area (Å²) in [6.07, 6.45) is 1.78. The molecule has 1 N–H and O–H groups in total. The zero-order valence-electron chi connectivity index (χ0n) is 7.74. The quantitative estimate of drug-likeness (QED) is 0.628. The molecule has 0 radical (unpaired) electrons. The molecular formula is C8H12N4O. The monoisotopic (exact) mass is 180 g/mol. The molecule has 2 amide bonds. The van der Waals surface area contributed by atoms with Crippen molar-refractivity contribution in [2.24, 2.45) is 0 Å². The number of carbonyl (C=O) groups excluding carboxylic acids is 1. The second kappa shape index (κ2) is 2.76. The van der Waals surface area contributed by atoms with Crippen LogP contribution in [-0.4, -0.2) is 40.1 Å². The van der Waals surface area contributed by atoms with Crippen molar-refractivity contribution in [3.8, 4) is 0 Å². The summed E-state index contributed by atoms with van der Waals surface area (Å²) in [4.78, 5) is 14.9. The summed E-state index contributed by atoms with van der Waals surface area (Å²) < 4.78 is 0. The van der Waals surface area contributed by atoms with Crippen LogP contribution in [0.5, 0.6) is 0 Å². The van der Waals surface area contributed by atoms with Crippen LogP contribution < -0.4 is 0 Å². The van der Waals surface area contributed by atoms with Gasteiger partial charge in [-0.05, 0) is 0 Å². The van der Waals surface area contributed by atoms with E-state index >= 15 is 0 Å². The average Bonchev–Trinajstić information content (AvgIpc) is 2.59. The van der Waals surface area contributed by atoms with Gasteiger partial charge in [0.15, 0.2) is 0 Å². The van der Waals surface area contributed by atoms with E-state index in [9.17, 15) is 4.79 Å². The molecule has 5 heteroatoms. The molecule has 0 fully saturated rings. The van der Waals surface area contributed by atoms with E-state index in [1.165, 1.54) is 0 Å². The summed E-state index contributed by atoms with van der Waals surface area (Å²) in [6.45, 7) is 1.31. The van der Waals surface area contributed by atoms with E-state index in [0.29, 0.717) is 13.1 Å². The summed E-state index contributed by atoms with van der Waals surface area (Å²) in [7, 11) is 3.51. The Bertz CT molecular complexity index is 310. The maximum Gasteiger partial charge on any atom is 0.320 e. The third kappa shape index (κ3) is 1.26. The zero-order valence-corrected chi connectivity index (χ0v) is 7.74. The van der Waals surface area contributed by atoms with Gasteiger partial charge in [0.05, 0.1) is 25.0 Å². The molecule has 0 saturated heterocycles. The largest absolute Gasteiger partial charge is 0.331 e. The molecule has 0 saturated carbocycles. The van der Waals surface area contributed by atoms with Gasteiger partial charge < -0.3 is 9.80 Å². The second-order valence-electron chi connectivity index (χ2n) is 3.41. The second-order valence-corrected chi connectivity index (χ2v) is 3.41. The number of nitrogens with one attached hydrogen (secondary N) is 1. The van der Waals surface area contributed by atoms with Crippen LogP contribution in [0, 0.1) is 0 Å². The molecule has 0 aromatic carbocycles. The Balaban J connectivity index is 2.10. The Labute approximate surface area is 76.3 Å². The highest BCUT2D eigenvalue weighted by molar-refractivity contribution is 5.74. The van der Waals surface area contributed by atoms with Crippen molar-refractivity contribution in [3.63, 3.8) is 0 Å². The molecular weight excluding hydrogens is 168 g/mol. The van der Waals surface area contributed by atoms with Crippen LogP contribution >= 0.6 is 0 Å². The first-order valence-corrected chi connectivity index (χ1v) is 4.16. The summed E-state index contributed by atoms with van der Waals surface area (Å²) in [5.41, 5.74) is 2.17. The van der Waals surface area contributed by atoms with Crippen molar-refractivity contribution in [3.05, 3.63) is 17.5 Å². The maximum atomic E-state index is 11.5. The lowest BCUT2D eigenvalue weighted by Gasteiger charge is -2.20. The summed E-state index contributed by atoms with van der Waals surface area (Å²) >= 11 is 0. The van der Waals surface area contributed by atoms with Crippen molar-refractivity contribution in [2.75, 3.05) is 14.1 Å². The minimum Gasteiger partial charge on any atom is -0.331 e. The number of aromatic nitrogens is 2. The molecule has 2 rings (SSSR count). The standard InChI is InChI=1S/C8H12N4O/c1-11(2)8(13)12-4-6-3-9-10-7(6)5-12/h3H,4-5H2,1-2H3,(H,9,10). The lowest BCUT2D eigenvalue weighted by Crippen LogP contribution is -2.35. The summed E-state index contributed by atoms with van der Waals surface area (Å²) in [6, 6.07) is 0.0459. The van der Waals surface area contributed by atoms with Crippen LogP contribution in [0.1, 0.15) is 11.3 Å². The van der Waals surface area contributed by atoms with Crippen molar-refractivity contribution in [2.45, 2.75) is 13.1 Å². The molecule has 0 unspecified atom stereocenters. The molecule has 1 aromatic heterocycles. The van der Waals surface area contributed by atoms with E-state index in [0.717, 1.165) is 11.3 Å². The number of fused-ring (bicyclic) bond motifs is 1. The van der Waals surface area contributed by atoms with Crippen molar-refractivity contribution in [1.82, 2.24) is 20.0 Å². The predicted octanol–water partition coefficient (Wildman–Crippen LogP) is 0.407. The van der Waals surface area contributed by atoms with Gasteiger partial charge >= 0.3 is 6.03 Å². The number of carbonyl (C=O) groups is 1. The van der Waals surface area contributed by atoms with E-state index in [2.05, 4.69) is 10.2 Å². The topological polar surface area (TPSA) is 52.2 Å². The number of nitrogens with zero attached hydrogens (tertiary/aromatic N) is 3. The Morgan fingerprint density at radius 2 is 2.38 bits per heavy atom. The van der Waals surface area contributed by atoms with Crippen LogP contribution in [-0.2, 0) is 13.1 Å². The molecule has 0 spiro atoms. The molecule has 0 atom stereocenters. The number of amides is 2. The van der Waals surface area contributed by atoms with Crippen molar-refractivity contribution < 1.29 is 4.79 Å². The molecule has 1 aromatic rings. The van der Waals surface area contributed by atoms with Crippen molar-refractivity contribution >= 4 is 6.03 Å². The van der Waals surface area contributed by atoms with Gasteiger partial charge in [-0.3, -0.25) is 5.10 Å². The van der Waals surface area contributed by atoms with E-state index in [1.807, 2.05) is 0 Å². The first-order chi connectivity index (χ1) is 6.18. The fourth-order valence-corrected chi connectivity index (χ4v) is 1.48. The van der Waals surface area contributed by atoms with Gasteiger partial charge in [0.25, 0.3) is 0 Å². The van der Waals surface area contributed by atoms with Gasteiger partial charge in [0.2, 0.25) is 0 Å². The molecule has 2 heterocycles. The molecule has 13 heavy (non-hydrogen) atoms. The smallest absolute Gasteiger partial charge is 0.320 e. The summed E-state index contributed by atoms with van der Waals surface area (Å²) in [5.74, 6) is 0. The number of urea groups is 1. The van der Waals surface area contributed by atoms with Crippen LogP contribution in [0.2, 0.25) is 0 Å². The summed E-state index contributed by atoms with van der Waals surface area (Å²) in [5, 5.41) is 6.78. The minimum atomic E-state index is 0.0459. The molecule has 70 valence electrons. The van der Waals surface area contributed by atoms with Gasteiger partial charge in [-0.25, -0.2) is 4.79 Å². The molecule has 0 bridgehead atoms. The lowest BCUT2D eigenvalue weighted by molar-refractivity contribution is 0.170. The Morgan fingerprint density at radius 3 is 3.00 bits per heavy atom. The minimum absolute atomic E-state index is 0.0459. The van der Waals surface area contributed by atoms with Crippen LogP contribution in [0.25, 0.3) is 0 Å².